The van der Waals surface area contributed by atoms with Gasteiger partial charge in [0.1, 0.15) is 18.1 Å². The molecule has 10 nitrogen and oxygen atoms in total. The predicted molar refractivity (Wildman–Crippen MR) is 112 cm³/mol. The molecule has 29 heavy (non-hydrogen) atoms. The van der Waals surface area contributed by atoms with Gasteiger partial charge in [-0.3, -0.25) is 9.57 Å². The van der Waals surface area contributed by atoms with Gasteiger partial charge >= 0.3 is 7.60 Å². The lowest BCUT2D eigenvalue weighted by Gasteiger charge is -2.26. The number of nitrogens with two attached hydrogens (primary N) is 1. The van der Waals surface area contributed by atoms with Gasteiger partial charge in [0.25, 0.3) is 0 Å². The molecule has 0 amide bonds. The molecule has 0 fully saturated rings. The van der Waals surface area contributed by atoms with Crippen LogP contribution >= 0.6 is 15.6 Å². The molecule has 2 aliphatic heterocycles. The first-order valence-corrected chi connectivity index (χ1v) is 11.9. The van der Waals surface area contributed by atoms with Crippen molar-refractivity contribution in [2.24, 2.45) is 26.7 Å². The summed E-state index contributed by atoms with van der Waals surface area (Å²) in [6.45, 7) is 2.46. The molecule has 2 aliphatic rings. The van der Waals surface area contributed by atoms with Crippen molar-refractivity contribution >= 4 is 38.5 Å². The summed E-state index contributed by atoms with van der Waals surface area (Å²) >= 11 is 0. The van der Waals surface area contributed by atoms with Gasteiger partial charge in [0.15, 0.2) is 6.17 Å². The molecular weight excluding hydrogens is 416 g/mol. The van der Waals surface area contributed by atoms with Crippen LogP contribution in [0.25, 0.3) is 0 Å². The SMILES string of the molecule is Cc1ccc(C2=NN(CCCC/C(=[P+](/[O-])O)P(=O)(O)O)C3N=CN=C(N)C23)cc1. The van der Waals surface area contributed by atoms with E-state index in [4.69, 9.17) is 15.7 Å². The lowest BCUT2D eigenvalue weighted by atomic mass is 9.93. The molecule has 0 aliphatic carbocycles. The Morgan fingerprint density at radius 2 is 2.00 bits per heavy atom. The van der Waals surface area contributed by atoms with Crippen LogP contribution in [-0.2, 0) is 4.57 Å². The Hall–Kier alpha value is -1.93. The molecule has 1 aromatic carbocycles. The molecule has 3 unspecified atom stereocenters. The van der Waals surface area contributed by atoms with E-state index in [0.717, 1.165) is 16.8 Å². The lowest BCUT2D eigenvalue weighted by molar-refractivity contribution is -0.167. The number of aliphatic imine (C=N–C) groups is 2. The van der Waals surface area contributed by atoms with Gasteiger partial charge in [0.2, 0.25) is 13.0 Å². The summed E-state index contributed by atoms with van der Waals surface area (Å²) in [4.78, 5) is 47.2. The first-order chi connectivity index (χ1) is 13.7. The van der Waals surface area contributed by atoms with E-state index >= 15 is 0 Å². The molecule has 156 valence electrons. The summed E-state index contributed by atoms with van der Waals surface area (Å²) in [6, 6.07) is 7.92. The van der Waals surface area contributed by atoms with Crippen molar-refractivity contribution in [1.82, 2.24) is 5.01 Å². The number of aryl methyl sites for hydroxylation is 1. The number of amidine groups is 1. The Labute approximate surface area is 169 Å². The average molecular weight is 439 g/mol. The van der Waals surface area contributed by atoms with Crippen LogP contribution in [0, 0.1) is 12.8 Å². The molecule has 0 saturated heterocycles. The van der Waals surface area contributed by atoms with Gasteiger partial charge in [-0.1, -0.05) is 29.8 Å². The van der Waals surface area contributed by atoms with E-state index in [2.05, 4.69) is 9.98 Å². The van der Waals surface area contributed by atoms with Crippen molar-refractivity contribution in [3.8, 4) is 0 Å². The summed E-state index contributed by atoms with van der Waals surface area (Å²) in [6.07, 6.45) is 1.79. The molecule has 12 heteroatoms. The molecule has 0 aromatic heterocycles. The third-order valence-corrected chi connectivity index (χ3v) is 7.68. The highest BCUT2D eigenvalue weighted by molar-refractivity contribution is 7.82. The summed E-state index contributed by atoms with van der Waals surface area (Å²) in [7, 11) is -7.73. The largest absolute Gasteiger partial charge is 0.603 e. The molecule has 3 atom stereocenters. The van der Waals surface area contributed by atoms with Crippen LogP contribution < -0.4 is 10.6 Å². The van der Waals surface area contributed by atoms with Crippen LogP contribution in [0.1, 0.15) is 30.4 Å². The van der Waals surface area contributed by atoms with Crippen LogP contribution in [0.2, 0.25) is 0 Å². The molecule has 0 bridgehead atoms. The van der Waals surface area contributed by atoms with Crippen molar-refractivity contribution in [2.45, 2.75) is 32.4 Å². The number of hydrogen-bond acceptors (Lipinski definition) is 8. The summed E-state index contributed by atoms with van der Waals surface area (Å²) in [5, 5.41) is 5.85. The third-order valence-electron chi connectivity index (χ3n) is 4.82. The standard InChI is InChI=1S/C17H23N5O5P2/c1-11-5-7-12(8-6-11)15-14-16(18)19-10-20-17(14)22(21-15)9-3-2-4-13(28(23)24)29(25,26)27/h5-8,10,14,17H,2-4,9H2,1H3,(H,23,24)(H2,18,19,20)(H2,25,26,27). The smallest absolute Gasteiger partial charge is 0.396 e. The maximum atomic E-state index is 11.3. The lowest BCUT2D eigenvalue weighted by Crippen LogP contribution is -2.42. The minimum Gasteiger partial charge on any atom is -0.603 e. The van der Waals surface area contributed by atoms with E-state index < -0.39 is 20.6 Å². The molecule has 3 rings (SSSR count). The second-order valence-electron chi connectivity index (χ2n) is 6.91. The Balaban J connectivity index is 1.71. The van der Waals surface area contributed by atoms with Gasteiger partial charge in [-0.05, 0) is 25.3 Å². The van der Waals surface area contributed by atoms with E-state index in [-0.39, 0.29) is 18.5 Å². The van der Waals surface area contributed by atoms with Crippen molar-refractivity contribution in [3.63, 3.8) is 0 Å². The summed E-state index contributed by atoms with van der Waals surface area (Å²) in [5.74, 6) is 0.160. The topological polar surface area (TPSA) is 167 Å². The van der Waals surface area contributed by atoms with Crippen LogP contribution in [0.5, 0.6) is 0 Å². The number of hydrazone groups is 1. The van der Waals surface area contributed by atoms with Crippen LogP contribution in [-0.4, -0.2) is 55.3 Å². The Morgan fingerprint density at radius 1 is 1.31 bits per heavy atom. The predicted octanol–water partition coefficient (Wildman–Crippen LogP) is 0.499. The van der Waals surface area contributed by atoms with Crippen molar-refractivity contribution < 1.29 is 24.1 Å². The maximum Gasteiger partial charge on any atom is 0.396 e. The van der Waals surface area contributed by atoms with E-state index in [1.165, 1.54) is 6.34 Å². The minimum atomic E-state index is -4.70. The molecule has 0 radical (unpaired) electrons. The highest BCUT2D eigenvalue weighted by Crippen LogP contribution is 2.43. The van der Waals surface area contributed by atoms with Gasteiger partial charge in [0.05, 0.1) is 5.71 Å². The zero-order valence-electron chi connectivity index (χ0n) is 15.8. The quantitative estimate of drug-likeness (QED) is 0.354. The van der Waals surface area contributed by atoms with Crippen molar-refractivity contribution in [2.75, 3.05) is 6.54 Å². The maximum absolute atomic E-state index is 11.3. The average Bonchev–Trinajstić information content (AvgIpc) is 3.01. The Kier molecular flexibility index (Phi) is 6.63. The first-order valence-electron chi connectivity index (χ1n) is 9.03. The van der Waals surface area contributed by atoms with Crippen molar-refractivity contribution in [1.29, 1.82) is 0 Å². The third kappa shape index (κ3) is 4.98. The Bertz CT molecular complexity index is 934. The Morgan fingerprint density at radius 3 is 2.62 bits per heavy atom. The van der Waals surface area contributed by atoms with Crippen molar-refractivity contribution in [3.05, 3.63) is 35.4 Å². The second kappa shape index (κ2) is 8.83. The molecule has 0 spiro atoms. The normalized spacial score (nSPS) is 22.2. The fourth-order valence-corrected chi connectivity index (χ4v) is 5.02. The van der Waals surface area contributed by atoms with Gasteiger partial charge in [-0.25, -0.2) is 9.98 Å². The summed E-state index contributed by atoms with van der Waals surface area (Å²) in [5.41, 5.74) is 8.95. The van der Waals surface area contributed by atoms with E-state index in [1.54, 1.807) is 5.01 Å². The zero-order chi connectivity index (χ0) is 21.2. The monoisotopic (exact) mass is 439 g/mol. The number of hydrogen-bond donors (Lipinski definition) is 4. The van der Waals surface area contributed by atoms with Gasteiger partial charge in [-0.2, -0.15) is 9.99 Å². The van der Waals surface area contributed by atoms with Crippen LogP contribution in [0.4, 0.5) is 0 Å². The summed E-state index contributed by atoms with van der Waals surface area (Å²) < 4.78 is 11.3. The number of nitrogens with zero attached hydrogens (tertiary/aromatic N) is 4. The minimum absolute atomic E-state index is 0.126. The van der Waals surface area contributed by atoms with Crippen LogP contribution in [0.3, 0.4) is 0 Å². The first kappa shape index (κ1) is 21.8. The van der Waals surface area contributed by atoms with Gasteiger partial charge in [-0.15, -0.1) is 0 Å². The van der Waals surface area contributed by atoms with Crippen LogP contribution in [0.15, 0.2) is 39.4 Å². The number of unbranched alkanes of at least 4 members (excludes halogenated alkanes) is 1. The number of rotatable bonds is 7. The molecule has 1 aromatic rings. The van der Waals surface area contributed by atoms with Gasteiger partial charge in [0, 0.05) is 13.0 Å². The second-order valence-corrected chi connectivity index (χ2v) is 9.98. The highest BCUT2D eigenvalue weighted by Gasteiger charge is 2.41. The number of fused-ring (bicyclic) bond motifs is 1. The molecule has 5 N–H and O–H groups in total. The molecular formula is C17H23N5O5P2. The number of benzene rings is 1. The van der Waals surface area contributed by atoms with E-state index in [1.807, 2.05) is 31.2 Å². The fraction of sp³-hybridized carbons (Fsp3) is 0.412. The fourth-order valence-electron chi connectivity index (χ4n) is 3.33. The molecule has 0 saturated carbocycles. The highest BCUT2D eigenvalue weighted by atomic mass is 31.2. The molecule has 2 heterocycles. The van der Waals surface area contributed by atoms with Gasteiger partial charge < -0.3 is 20.4 Å². The van der Waals surface area contributed by atoms with E-state index in [9.17, 15) is 19.2 Å². The van der Waals surface area contributed by atoms with E-state index in [0.29, 0.717) is 25.2 Å². The zero-order valence-corrected chi connectivity index (χ0v) is 17.6.